The molecule has 2 aromatic heterocycles. The molecule has 3 heterocycles. The maximum absolute atomic E-state index is 11.8. The number of esters is 1. The quantitative estimate of drug-likeness (QED) is 0.520. The van der Waals surface area contributed by atoms with Crippen LogP contribution in [0.1, 0.15) is 5.76 Å². The number of fused-ring (bicyclic) bond motifs is 1. The number of thiazole rings is 1. The van der Waals surface area contributed by atoms with Crippen LogP contribution in [0.2, 0.25) is 5.02 Å². The fraction of sp³-hybridized carbons (Fsp3) is 0.176. The van der Waals surface area contributed by atoms with Gasteiger partial charge in [-0.1, -0.05) is 29.0 Å². The molecule has 0 radical (unpaired) electrons. The van der Waals surface area contributed by atoms with Crippen molar-refractivity contribution in [3.8, 4) is 0 Å². The van der Waals surface area contributed by atoms with E-state index in [1.807, 2.05) is 18.2 Å². The number of hydrogen-bond acceptors (Lipinski definition) is 6. The van der Waals surface area contributed by atoms with E-state index in [4.69, 9.17) is 20.8 Å². The van der Waals surface area contributed by atoms with Crippen molar-refractivity contribution in [1.82, 2.24) is 4.98 Å². The van der Waals surface area contributed by atoms with Crippen molar-refractivity contribution < 1.29 is 13.9 Å². The molecule has 0 spiro atoms. The Labute approximate surface area is 147 Å². The average molecular weight is 361 g/mol. The third-order valence-electron chi connectivity index (χ3n) is 3.69. The fourth-order valence-corrected chi connectivity index (χ4v) is 3.73. The van der Waals surface area contributed by atoms with Crippen LogP contribution in [0.3, 0.4) is 0 Å². The Hall–Kier alpha value is -2.31. The van der Waals surface area contributed by atoms with Gasteiger partial charge < -0.3 is 14.1 Å². The molecule has 0 atom stereocenters. The maximum Gasteiger partial charge on any atom is 0.331 e. The summed E-state index contributed by atoms with van der Waals surface area (Å²) in [5.74, 6) is 0.247. The summed E-state index contributed by atoms with van der Waals surface area (Å²) in [7, 11) is 0. The molecule has 5 nitrogen and oxygen atoms in total. The van der Waals surface area contributed by atoms with Crippen LogP contribution in [0, 0.1) is 0 Å². The first-order chi connectivity index (χ1) is 11.7. The zero-order valence-corrected chi connectivity index (χ0v) is 14.1. The fourth-order valence-electron chi connectivity index (χ4n) is 2.45. The van der Waals surface area contributed by atoms with Crippen LogP contribution < -0.4 is 4.90 Å². The van der Waals surface area contributed by atoms with Crippen molar-refractivity contribution >= 4 is 50.3 Å². The van der Waals surface area contributed by atoms with E-state index in [9.17, 15) is 4.79 Å². The largest absolute Gasteiger partial charge is 0.465 e. The van der Waals surface area contributed by atoms with Crippen molar-refractivity contribution in [3.05, 3.63) is 53.5 Å². The van der Waals surface area contributed by atoms with Gasteiger partial charge in [-0.25, -0.2) is 9.78 Å². The number of furan rings is 1. The lowest BCUT2D eigenvalue weighted by Crippen LogP contribution is -2.52. The molecule has 0 unspecified atom stereocenters. The molecular weight excluding hydrogens is 348 g/mol. The number of rotatable bonds is 4. The highest BCUT2D eigenvalue weighted by Gasteiger charge is 2.31. The second-order valence-electron chi connectivity index (χ2n) is 5.40. The van der Waals surface area contributed by atoms with E-state index in [1.165, 1.54) is 6.08 Å². The van der Waals surface area contributed by atoms with E-state index in [1.54, 1.807) is 35.8 Å². The molecule has 3 aromatic rings. The van der Waals surface area contributed by atoms with Gasteiger partial charge in [-0.05, 0) is 30.3 Å². The highest BCUT2D eigenvalue weighted by atomic mass is 35.5. The molecule has 0 saturated carbocycles. The van der Waals surface area contributed by atoms with E-state index in [0.717, 1.165) is 15.3 Å². The predicted molar refractivity (Wildman–Crippen MR) is 94.5 cm³/mol. The summed E-state index contributed by atoms with van der Waals surface area (Å²) < 4.78 is 11.6. The molecule has 1 aliphatic rings. The summed E-state index contributed by atoms with van der Waals surface area (Å²) in [6.45, 7) is 1.27. The third-order valence-corrected chi connectivity index (χ3v) is 5.07. The van der Waals surface area contributed by atoms with Crippen molar-refractivity contribution in [2.45, 2.75) is 6.10 Å². The van der Waals surface area contributed by atoms with Crippen LogP contribution in [0.4, 0.5) is 5.13 Å². The van der Waals surface area contributed by atoms with Gasteiger partial charge in [-0.2, -0.15) is 0 Å². The van der Waals surface area contributed by atoms with Gasteiger partial charge in [0.05, 0.1) is 29.1 Å². The Kier molecular flexibility index (Phi) is 4.00. The van der Waals surface area contributed by atoms with Gasteiger partial charge in [-0.3, -0.25) is 0 Å². The van der Waals surface area contributed by atoms with Crippen molar-refractivity contribution in [1.29, 1.82) is 0 Å². The Bertz CT molecular complexity index is 898. The second-order valence-corrected chi connectivity index (χ2v) is 6.81. The summed E-state index contributed by atoms with van der Waals surface area (Å²) >= 11 is 7.74. The number of carbonyl (C=O) groups is 1. The molecule has 1 aromatic carbocycles. The standard InChI is InChI=1S/C17H13ClN2O3S/c18-13-4-1-5-14-16(13)19-17(24-14)20-9-12(10-20)23-15(21)7-6-11-3-2-8-22-11/h1-8,12H,9-10H2/b7-6+. The Morgan fingerprint density at radius 2 is 2.25 bits per heavy atom. The molecule has 122 valence electrons. The maximum atomic E-state index is 11.8. The number of anilines is 1. The molecule has 1 aliphatic heterocycles. The first kappa shape index (κ1) is 15.2. The molecule has 4 rings (SSSR count). The van der Waals surface area contributed by atoms with E-state index in [2.05, 4.69) is 9.88 Å². The van der Waals surface area contributed by atoms with Crippen molar-refractivity contribution in [2.75, 3.05) is 18.0 Å². The molecule has 1 saturated heterocycles. The number of halogens is 1. The van der Waals surface area contributed by atoms with Crippen LogP contribution in [0.25, 0.3) is 16.3 Å². The van der Waals surface area contributed by atoms with Crippen LogP contribution in [-0.4, -0.2) is 30.1 Å². The number of para-hydroxylation sites is 1. The molecule has 0 N–H and O–H groups in total. The van der Waals surface area contributed by atoms with Crippen LogP contribution in [-0.2, 0) is 9.53 Å². The van der Waals surface area contributed by atoms with E-state index in [-0.39, 0.29) is 12.1 Å². The number of carbonyl (C=O) groups excluding carboxylic acids is 1. The molecule has 0 bridgehead atoms. The molecule has 1 fully saturated rings. The SMILES string of the molecule is O=C(/C=C/c1ccco1)OC1CN(c2nc3c(Cl)cccc3s2)C1. The van der Waals surface area contributed by atoms with Gasteiger partial charge in [0.1, 0.15) is 17.4 Å². The number of hydrogen-bond donors (Lipinski definition) is 0. The average Bonchev–Trinajstić information content (AvgIpc) is 3.18. The van der Waals surface area contributed by atoms with Crippen LogP contribution in [0.5, 0.6) is 0 Å². The number of benzene rings is 1. The second kappa shape index (κ2) is 6.30. The van der Waals surface area contributed by atoms with Gasteiger partial charge >= 0.3 is 5.97 Å². The first-order valence-corrected chi connectivity index (χ1v) is 8.61. The lowest BCUT2D eigenvalue weighted by molar-refractivity contribution is -0.143. The predicted octanol–water partition coefficient (Wildman–Crippen LogP) is 3.99. The van der Waals surface area contributed by atoms with Crippen LogP contribution in [0.15, 0.2) is 47.1 Å². The normalized spacial score (nSPS) is 15.1. The molecule has 0 aliphatic carbocycles. The van der Waals surface area contributed by atoms with Gasteiger partial charge in [0, 0.05) is 6.08 Å². The van der Waals surface area contributed by atoms with E-state index < -0.39 is 0 Å². The van der Waals surface area contributed by atoms with Gasteiger partial charge in [0.25, 0.3) is 0 Å². The van der Waals surface area contributed by atoms with Gasteiger partial charge in [-0.15, -0.1) is 0 Å². The van der Waals surface area contributed by atoms with E-state index in [0.29, 0.717) is 23.9 Å². The van der Waals surface area contributed by atoms with Gasteiger partial charge in [0.15, 0.2) is 5.13 Å². The topological polar surface area (TPSA) is 55.6 Å². The minimum absolute atomic E-state index is 0.124. The highest BCUT2D eigenvalue weighted by Crippen LogP contribution is 2.34. The molecular formula is C17H13ClN2O3S. The van der Waals surface area contributed by atoms with Gasteiger partial charge in [0.2, 0.25) is 0 Å². The lowest BCUT2D eigenvalue weighted by Gasteiger charge is -2.37. The number of aromatic nitrogens is 1. The molecule has 0 amide bonds. The van der Waals surface area contributed by atoms with Crippen molar-refractivity contribution in [2.24, 2.45) is 0 Å². The number of nitrogens with zero attached hydrogens (tertiary/aromatic N) is 2. The smallest absolute Gasteiger partial charge is 0.331 e. The van der Waals surface area contributed by atoms with E-state index >= 15 is 0 Å². The summed E-state index contributed by atoms with van der Waals surface area (Å²) in [6, 6.07) is 9.28. The Balaban J connectivity index is 1.34. The minimum Gasteiger partial charge on any atom is -0.465 e. The first-order valence-electron chi connectivity index (χ1n) is 7.41. The third kappa shape index (κ3) is 3.02. The number of ether oxygens (including phenoxy) is 1. The molecule has 24 heavy (non-hydrogen) atoms. The van der Waals surface area contributed by atoms with Crippen LogP contribution >= 0.6 is 22.9 Å². The Morgan fingerprint density at radius 1 is 1.38 bits per heavy atom. The molecule has 7 heteroatoms. The summed E-state index contributed by atoms with van der Waals surface area (Å²) in [5, 5.41) is 1.55. The minimum atomic E-state index is -0.372. The summed E-state index contributed by atoms with van der Waals surface area (Å²) in [5.41, 5.74) is 0.820. The summed E-state index contributed by atoms with van der Waals surface area (Å²) in [4.78, 5) is 18.4. The highest BCUT2D eigenvalue weighted by molar-refractivity contribution is 7.22. The van der Waals surface area contributed by atoms with Crippen molar-refractivity contribution in [3.63, 3.8) is 0 Å². The summed E-state index contributed by atoms with van der Waals surface area (Å²) in [6.07, 6.45) is 4.40. The zero-order chi connectivity index (χ0) is 16.5. The zero-order valence-electron chi connectivity index (χ0n) is 12.5. The Morgan fingerprint density at radius 3 is 3.00 bits per heavy atom. The monoisotopic (exact) mass is 360 g/mol. The lowest BCUT2D eigenvalue weighted by atomic mass is 10.2.